The second-order valence-corrected chi connectivity index (χ2v) is 3.23. The lowest BCUT2D eigenvalue weighted by Gasteiger charge is -2.01. The molecule has 0 bridgehead atoms. The third kappa shape index (κ3) is 197. The van der Waals surface area contributed by atoms with Gasteiger partial charge in [-0.1, -0.05) is 0 Å². The summed E-state index contributed by atoms with van der Waals surface area (Å²) in [5, 5.41) is 38.8. The normalized spacial score (nSPS) is 8.05. The Kier molecular flexibility index (Phi) is 35.6. The van der Waals surface area contributed by atoms with Gasteiger partial charge >= 0.3 is 0 Å². The Morgan fingerprint density at radius 2 is 0.818 bits per heavy atom. The summed E-state index contributed by atoms with van der Waals surface area (Å²) in [5.74, 6) is -2.50. The second kappa shape index (κ2) is 27.6. The molecule has 0 aromatic heterocycles. The minimum Gasteiger partial charge on any atom is -0.481 e. The van der Waals surface area contributed by atoms with E-state index in [0.29, 0.717) is 26.4 Å². The molecule has 0 amide bonds. The molecule has 0 heterocycles. The highest BCUT2D eigenvalue weighted by Crippen LogP contribution is 1.76. The number of aliphatic hydroxyl groups excluding tert-OH is 2. The Morgan fingerprint density at radius 3 is 0.955 bits per heavy atom. The van der Waals surface area contributed by atoms with E-state index < -0.39 is 17.9 Å². The van der Waals surface area contributed by atoms with E-state index >= 15 is 0 Å². The van der Waals surface area contributed by atoms with Crippen LogP contribution in [-0.2, 0) is 23.9 Å². The largest absolute Gasteiger partial charge is 0.481 e. The summed E-state index contributed by atoms with van der Waals surface area (Å²) >= 11 is 0. The van der Waals surface area contributed by atoms with Gasteiger partial charge in [-0.25, -0.2) is 0 Å². The Morgan fingerprint density at radius 1 is 0.636 bits per heavy atom. The van der Waals surface area contributed by atoms with Crippen LogP contribution >= 0.6 is 0 Å². The topological polar surface area (TPSA) is 171 Å². The van der Waals surface area contributed by atoms with E-state index in [0.717, 1.165) is 20.8 Å². The van der Waals surface area contributed by atoms with Gasteiger partial charge in [0.15, 0.2) is 0 Å². The third-order valence-corrected chi connectivity index (χ3v) is 0.843. The van der Waals surface area contributed by atoms with E-state index in [4.69, 9.17) is 49.4 Å². The molecule has 0 fully saturated rings. The first-order valence-electron chi connectivity index (χ1n) is 6.07. The average molecular weight is 330 g/mol. The molecule has 0 saturated carbocycles. The van der Waals surface area contributed by atoms with Gasteiger partial charge in [-0.2, -0.15) is 0 Å². The van der Waals surface area contributed by atoms with Gasteiger partial charge in [-0.15, -0.1) is 0 Å². The highest BCUT2D eigenvalue weighted by molar-refractivity contribution is 5.63. The maximum atomic E-state index is 9.00. The van der Waals surface area contributed by atoms with Gasteiger partial charge in [0.2, 0.25) is 0 Å². The molecule has 0 aromatic rings. The Balaban J connectivity index is -0.000000112. The monoisotopic (exact) mass is 330 g/mol. The molecule has 10 heteroatoms. The van der Waals surface area contributed by atoms with Crippen molar-refractivity contribution < 1.29 is 49.4 Å². The molecule has 22 heavy (non-hydrogen) atoms. The van der Waals surface area contributed by atoms with Crippen molar-refractivity contribution in [3.63, 3.8) is 0 Å². The lowest BCUT2D eigenvalue weighted by Crippen LogP contribution is -2.09. The summed E-state index contributed by atoms with van der Waals surface area (Å²) in [6.07, 6.45) is 0. The van der Waals surface area contributed by atoms with Crippen LogP contribution < -0.4 is 0 Å². The molecule has 0 spiro atoms. The predicted octanol–water partition coefficient (Wildman–Crippen LogP) is -0.723. The van der Waals surface area contributed by atoms with E-state index in [1.165, 1.54) is 0 Å². The first-order valence-corrected chi connectivity index (χ1v) is 6.07. The number of hydrogen-bond acceptors (Lipinski definition) is 7. The van der Waals surface area contributed by atoms with E-state index in [2.05, 4.69) is 0 Å². The lowest BCUT2D eigenvalue weighted by molar-refractivity contribution is -0.135. The van der Waals surface area contributed by atoms with Crippen molar-refractivity contribution >= 4 is 17.9 Å². The molecular formula is C12H26O10. The predicted molar refractivity (Wildman–Crippen MR) is 75.7 cm³/mol. The van der Waals surface area contributed by atoms with E-state index in [1.54, 1.807) is 0 Å². The summed E-state index contributed by atoms with van der Waals surface area (Å²) in [4.78, 5) is 27.0. The van der Waals surface area contributed by atoms with Crippen LogP contribution in [0.4, 0.5) is 0 Å². The van der Waals surface area contributed by atoms with Crippen molar-refractivity contribution in [3.05, 3.63) is 0 Å². The third-order valence-electron chi connectivity index (χ3n) is 0.843. The van der Waals surface area contributed by atoms with Crippen molar-refractivity contribution in [3.8, 4) is 0 Å². The zero-order valence-electron chi connectivity index (χ0n) is 13.0. The number of carbonyl (C=O) groups is 3. The van der Waals surface area contributed by atoms with Gasteiger partial charge < -0.3 is 35.0 Å². The van der Waals surface area contributed by atoms with Gasteiger partial charge in [0.05, 0.1) is 39.6 Å². The molecule has 0 aliphatic heterocycles. The number of ether oxygens (including phenoxy) is 2. The summed E-state index contributed by atoms with van der Waals surface area (Å²) in [6.45, 7) is 4.98. The van der Waals surface area contributed by atoms with Gasteiger partial charge in [0.25, 0.3) is 17.9 Å². The van der Waals surface area contributed by atoms with Gasteiger partial charge in [0, 0.05) is 20.8 Å². The first-order chi connectivity index (χ1) is 10.1. The molecule has 5 N–H and O–H groups in total. The van der Waals surface area contributed by atoms with Crippen LogP contribution in [0, 0.1) is 0 Å². The fourth-order valence-corrected chi connectivity index (χ4v) is 0.451. The maximum absolute atomic E-state index is 9.00. The number of aliphatic carboxylic acids is 3. The van der Waals surface area contributed by atoms with Crippen LogP contribution in [0.5, 0.6) is 0 Å². The number of carboxylic acid groups (broad SMARTS) is 3. The van der Waals surface area contributed by atoms with Gasteiger partial charge in [-0.05, 0) is 0 Å². The molecule has 0 rings (SSSR count). The molecule has 0 atom stereocenters. The summed E-state index contributed by atoms with van der Waals surface area (Å²) in [6, 6.07) is 0. The lowest BCUT2D eigenvalue weighted by atomic mass is 10.7. The molecule has 0 unspecified atom stereocenters. The highest BCUT2D eigenvalue weighted by Gasteiger charge is 1.86. The van der Waals surface area contributed by atoms with Crippen LogP contribution in [0.3, 0.4) is 0 Å². The molecule has 0 aliphatic carbocycles. The van der Waals surface area contributed by atoms with Crippen LogP contribution in [0.2, 0.25) is 0 Å². The second-order valence-electron chi connectivity index (χ2n) is 3.23. The van der Waals surface area contributed by atoms with Gasteiger partial charge in [-0.3, -0.25) is 14.4 Å². The summed E-state index contributed by atoms with van der Waals surface area (Å²) in [5.41, 5.74) is 0. The van der Waals surface area contributed by atoms with Crippen molar-refractivity contribution in [1.29, 1.82) is 0 Å². The molecular weight excluding hydrogens is 304 g/mol. The number of rotatable bonds is 7. The SMILES string of the molecule is CC(=O)O.CC(=O)O.CC(=O)O.OCCOCCOCCO. The quantitative estimate of drug-likeness (QED) is 0.375. The number of carboxylic acids is 3. The van der Waals surface area contributed by atoms with Crippen molar-refractivity contribution in [2.45, 2.75) is 20.8 Å². The zero-order valence-corrected chi connectivity index (χ0v) is 13.0. The molecule has 0 radical (unpaired) electrons. The van der Waals surface area contributed by atoms with E-state index in [1.807, 2.05) is 0 Å². The molecule has 134 valence electrons. The average Bonchev–Trinajstić information content (AvgIpc) is 2.31. The number of aliphatic hydroxyl groups is 2. The minimum atomic E-state index is -0.833. The summed E-state index contributed by atoms with van der Waals surface area (Å²) in [7, 11) is 0. The zero-order chi connectivity index (χ0) is 18.4. The van der Waals surface area contributed by atoms with Crippen molar-refractivity contribution in [1.82, 2.24) is 0 Å². The first kappa shape index (κ1) is 28.4. The molecule has 10 nitrogen and oxygen atoms in total. The minimum absolute atomic E-state index is 0.0417. The fraction of sp³-hybridized carbons (Fsp3) is 0.750. The molecule has 0 saturated heterocycles. The standard InChI is InChI=1S/C6H14O4.3C2H4O2/c7-1-3-9-5-6-10-4-2-8;3*1-2(3)4/h7-8H,1-6H2;3*1H3,(H,3,4). The smallest absolute Gasteiger partial charge is 0.300 e. The van der Waals surface area contributed by atoms with Crippen LogP contribution in [-0.4, -0.2) is 83.1 Å². The van der Waals surface area contributed by atoms with Crippen LogP contribution in [0.1, 0.15) is 20.8 Å². The van der Waals surface area contributed by atoms with Crippen molar-refractivity contribution in [2.75, 3.05) is 39.6 Å². The van der Waals surface area contributed by atoms with E-state index in [9.17, 15) is 0 Å². The summed E-state index contributed by atoms with van der Waals surface area (Å²) < 4.78 is 9.75. The Hall–Kier alpha value is -1.75. The van der Waals surface area contributed by atoms with Crippen LogP contribution in [0.15, 0.2) is 0 Å². The molecule has 0 aromatic carbocycles. The molecule has 0 aliphatic rings. The van der Waals surface area contributed by atoms with Crippen molar-refractivity contribution in [2.24, 2.45) is 0 Å². The van der Waals surface area contributed by atoms with Gasteiger partial charge in [0.1, 0.15) is 0 Å². The highest BCUT2D eigenvalue weighted by atomic mass is 16.5. The van der Waals surface area contributed by atoms with Crippen LogP contribution in [0.25, 0.3) is 0 Å². The fourth-order valence-electron chi connectivity index (χ4n) is 0.451. The maximum Gasteiger partial charge on any atom is 0.300 e. The Labute approximate surface area is 128 Å². The number of hydrogen-bond donors (Lipinski definition) is 5. The van der Waals surface area contributed by atoms with E-state index in [-0.39, 0.29) is 13.2 Å². The Bertz CT molecular complexity index is 206.